The fourth-order valence-electron chi connectivity index (χ4n) is 4.62. The fourth-order valence-corrected chi connectivity index (χ4v) is 4.62. The molecule has 8 heteroatoms. The number of pyridine rings is 1. The van der Waals surface area contributed by atoms with Crippen LogP contribution in [0, 0.1) is 5.92 Å². The molecule has 4 rings (SSSR count). The summed E-state index contributed by atoms with van der Waals surface area (Å²) in [5.74, 6) is 2.70. The maximum atomic E-state index is 4.74. The van der Waals surface area contributed by atoms with Gasteiger partial charge in [0.25, 0.3) is 0 Å². The molecule has 4 heterocycles. The number of halogens is 1. The van der Waals surface area contributed by atoms with Gasteiger partial charge in [-0.2, -0.15) is 0 Å². The molecule has 2 atom stereocenters. The highest BCUT2D eigenvalue weighted by Crippen LogP contribution is 2.27. The van der Waals surface area contributed by atoms with Crippen molar-refractivity contribution >= 4 is 35.8 Å². The summed E-state index contributed by atoms with van der Waals surface area (Å²) in [6.45, 7) is 7.30. The van der Waals surface area contributed by atoms with Gasteiger partial charge in [0.05, 0.1) is 12.4 Å². The first-order chi connectivity index (χ1) is 14.7. The van der Waals surface area contributed by atoms with Gasteiger partial charge in [-0.25, -0.2) is 9.97 Å². The monoisotopic (exact) mass is 537 g/mol. The van der Waals surface area contributed by atoms with Crippen molar-refractivity contribution in [1.82, 2.24) is 24.8 Å². The summed E-state index contributed by atoms with van der Waals surface area (Å²) in [5.41, 5.74) is 1.19. The van der Waals surface area contributed by atoms with Gasteiger partial charge in [-0.05, 0) is 36.8 Å². The molecule has 0 saturated carbocycles. The molecule has 2 unspecified atom stereocenters. The van der Waals surface area contributed by atoms with Crippen LogP contribution in [0.5, 0.6) is 0 Å². The van der Waals surface area contributed by atoms with E-state index in [9.17, 15) is 0 Å². The number of aliphatic imine (C=N–C) groups is 1. The van der Waals surface area contributed by atoms with E-state index in [4.69, 9.17) is 4.98 Å². The number of imidazole rings is 1. The summed E-state index contributed by atoms with van der Waals surface area (Å²) in [5, 5.41) is 3.54. The van der Waals surface area contributed by atoms with Crippen molar-refractivity contribution in [3.8, 4) is 0 Å². The number of rotatable bonds is 4. The minimum atomic E-state index is 0. The van der Waals surface area contributed by atoms with Gasteiger partial charge in [0.15, 0.2) is 5.96 Å². The molecular weight excluding hydrogens is 501 g/mol. The molecule has 170 valence electrons. The number of guanidine groups is 1. The van der Waals surface area contributed by atoms with Crippen LogP contribution < -0.4 is 10.2 Å². The van der Waals surface area contributed by atoms with E-state index < -0.39 is 0 Å². The minimum Gasteiger partial charge on any atom is -0.357 e. The predicted octanol–water partition coefficient (Wildman–Crippen LogP) is 3.94. The first-order valence-corrected chi connectivity index (χ1v) is 11.4. The third-order valence-corrected chi connectivity index (χ3v) is 6.53. The number of anilines is 1. The Hall–Kier alpha value is -1.84. The van der Waals surface area contributed by atoms with Crippen molar-refractivity contribution in [2.75, 3.05) is 38.1 Å². The smallest absolute Gasteiger partial charge is 0.193 e. The summed E-state index contributed by atoms with van der Waals surface area (Å²) in [6, 6.07) is 4.79. The van der Waals surface area contributed by atoms with Crippen LogP contribution >= 0.6 is 24.0 Å². The van der Waals surface area contributed by atoms with Gasteiger partial charge in [-0.15, -0.1) is 24.0 Å². The molecule has 0 aliphatic carbocycles. The van der Waals surface area contributed by atoms with Crippen LogP contribution in [0.1, 0.15) is 50.6 Å². The molecule has 0 radical (unpaired) electrons. The molecule has 2 aliphatic rings. The largest absolute Gasteiger partial charge is 0.357 e. The first-order valence-electron chi connectivity index (χ1n) is 11.4. The lowest BCUT2D eigenvalue weighted by molar-refractivity contribution is 0.189. The molecule has 0 spiro atoms. The lowest BCUT2D eigenvalue weighted by atomic mass is 9.93. The molecule has 0 amide bonds. The van der Waals surface area contributed by atoms with Gasteiger partial charge >= 0.3 is 0 Å². The van der Waals surface area contributed by atoms with E-state index in [0.717, 1.165) is 50.9 Å². The zero-order valence-corrected chi connectivity index (χ0v) is 21.1. The average Bonchev–Trinajstić information content (AvgIpc) is 3.17. The average molecular weight is 537 g/mol. The second-order valence-electron chi connectivity index (χ2n) is 8.62. The van der Waals surface area contributed by atoms with Crippen molar-refractivity contribution < 1.29 is 0 Å². The summed E-state index contributed by atoms with van der Waals surface area (Å²) < 4.78 is 2.23. The molecule has 0 aromatic carbocycles. The molecule has 2 fully saturated rings. The van der Waals surface area contributed by atoms with E-state index in [1.165, 1.54) is 31.2 Å². The maximum Gasteiger partial charge on any atom is 0.193 e. The van der Waals surface area contributed by atoms with Crippen LogP contribution in [0.2, 0.25) is 0 Å². The lowest BCUT2D eigenvalue weighted by Crippen LogP contribution is -2.48. The van der Waals surface area contributed by atoms with Gasteiger partial charge in [0, 0.05) is 58.4 Å². The number of aromatic nitrogens is 3. The third kappa shape index (κ3) is 6.11. The summed E-state index contributed by atoms with van der Waals surface area (Å²) in [4.78, 5) is 18.3. The zero-order valence-electron chi connectivity index (χ0n) is 18.8. The Morgan fingerprint density at radius 3 is 2.61 bits per heavy atom. The number of nitrogens with zero attached hydrogens (tertiary/aromatic N) is 6. The van der Waals surface area contributed by atoms with E-state index in [1.54, 1.807) is 0 Å². The molecule has 2 aromatic heterocycles. The van der Waals surface area contributed by atoms with Crippen LogP contribution in [0.4, 0.5) is 5.82 Å². The van der Waals surface area contributed by atoms with E-state index >= 15 is 0 Å². The second-order valence-corrected chi connectivity index (χ2v) is 8.62. The van der Waals surface area contributed by atoms with Crippen molar-refractivity contribution in [1.29, 1.82) is 0 Å². The topological polar surface area (TPSA) is 61.6 Å². The Morgan fingerprint density at radius 2 is 1.97 bits per heavy atom. The van der Waals surface area contributed by atoms with Crippen LogP contribution in [-0.2, 0) is 6.54 Å². The highest BCUT2D eigenvalue weighted by atomic mass is 127. The highest BCUT2D eigenvalue weighted by Gasteiger charge is 2.28. The minimum absolute atomic E-state index is 0. The van der Waals surface area contributed by atoms with Gasteiger partial charge in [0.1, 0.15) is 5.82 Å². The fraction of sp³-hybridized carbons (Fsp3) is 0.609. The van der Waals surface area contributed by atoms with Crippen LogP contribution in [0.15, 0.2) is 42.0 Å². The van der Waals surface area contributed by atoms with Crippen LogP contribution in [0.3, 0.4) is 0 Å². The van der Waals surface area contributed by atoms with Gasteiger partial charge in [-0.3, -0.25) is 4.99 Å². The molecule has 2 saturated heterocycles. The number of hydrogen-bond donors (Lipinski definition) is 1. The van der Waals surface area contributed by atoms with E-state index in [0.29, 0.717) is 12.0 Å². The van der Waals surface area contributed by atoms with Gasteiger partial charge in [0.2, 0.25) is 0 Å². The summed E-state index contributed by atoms with van der Waals surface area (Å²) in [7, 11) is 1.87. The molecular formula is C23H36IN7. The van der Waals surface area contributed by atoms with Gasteiger partial charge in [-0.1, -0.05) is 25.8 Å². The summed E-state index contributed by atoms with van der Waals surface area (Å²) >= 11 is 0. The Balaban J connectivity index is 0.00000272. The normalized spacial score (nSPS) is 22.6. The Bertz CT molecular complexity index is 798. The number of piperidine rings is 1. The number of hydrogen-bond acceptors (Lipinski definition) is 4. The highest BCUT2D eigenvalue weighted by molar-refractivity contribution is 14.0. The Kier molecular flexibility index (Phi) is 8.98. The molecule has 2 aliphatic heterocycles. The van der Waals surface area contributed by atoms with E-state index in [2.05, 4.69) is 54.9 Å². The van der Waals surface area contributed by atoms with Crippen molar-refractivity contribution in [3.05, 3.63) is 42.6 Å². The van der Waals surface area contributed by atoms with Crippen LogP contribution in [0.25, 0.3) is 0 Å². The van der Waals surface area contributed by atoms with E-state index in [1.807, 2.05) is 25.8 Å². The van der Waals surface area contributed by atoms with Crippen LogP contribution in [-0.4, -0.2) is 58.6 Å². The number of likely N-dealkylation sites (tertiary alicyclic amines) is 1. The molecule has 7 nitrogen and oxygen atoms in total. The molecule has 0 bridgehead atoms. The standard InChI is InChI=1S/C23H35N7.HI/c1-19-9-13-29(17-21(19)30-14-10-25-18-30)23(24-2)27-16-20-7-8-22(26-15-20)28-11-5-3-4-6-12-28;/h7-8,10,14-15,18-19,21H,3-6,9,11-13,16-17H2,1-2H3,(H,24,27);1H. The molecule has 31 heavy (non-hydrogen) atoms. The van der Waals surface area contributed by atoms with E-state index in [-0.39, 0.29) is 24.0 Å². The molecule has 1 N–H and O–H groups in total. The Morgan fingerprint density at radius 1 is 1.16 bits per heavy atom. The van der Waals surface area contributed by atoms with Gasteiger partial charge < -0.3 is 19.7 Å². The molecule has 2 aromatic rings. The quantitative estimate of drug-likeness (QED) is 0.364. The van der Waals surface area contributed by atoms with Crippen molar-refractivity contribution in [2.24, 2.45) is 10.9 Å². The summed E-state index contributed by atoms with van der Waals surface area (Å²) in [6.07, 6.45) is 14.2. The number of nitrogens with one attached hydrogen (secondary N) is 1. The van der Waals surface area contributed by atoms with Crippen molar-refractivity contribution in [2.45, 2.75) is 51.6 Å². The zero-order chi connectivity index (χ0) is 20.8. The van der Waals surface area contributed by atoms with Crippen molar-refractivity contribution in [3.63, 3.8) is 0 Å². The maximum absolute atomic E-state index is 4.74. The SMILES string of the molecule is CN=C(NCc1ccc(N2CCCCCC2)nc1)N1CCC(C)C(n2ccnc2)C1.I. The Labute approximate surface area is 203 Å². The second kappa shape index (κ2) is 11.7. The third-order valence-electron chi connectivity index (χ3n) is 6.53. The predicted molar refractivity (Wildman–Crippen MR) is 137 cm³/mol. The lowest BCUT2D eigenvalue weighted by Gasteiger charge is -2.39. The first kappa shape index (κ1) is 23.8.